The van der Waals surface area contributed by atoms with Crippen molar-refractivity contribution in [3.8, 4) is 0 Å². The molecule has 0 N–H and O–H groups in total. The third-order valence-corrected chi connectivity index (χ3v) is 2.62. The molecule has 0 aromatic carbocycles. The number of hydrogen-bond donors (Lipinski definition) is 0. The summed E-state index contributed by atoms with van der Waals surface area (Å²) in [4.78, 5) is 10.4. The summed E-state index contributed by atoms with van der Waals surface area (Å²) in [6, 6.07) is 0. The van der Waals surface area contributed by atoms with Crippen LogP contribution >= 0.6 is 15.9 Å². The third kappa shape index (κ3) is 6.26. The van der Waals surface area contributed by atoms with E-state index in [9.17, 15) is 10.1 Å². The van der Waals surface area contributed by atoms with Crippen molar-refractivity contribution in [3.05, 3.63) is 44.8 Å². The van der Waals surface area contributed by atoms with E-state index in [1.54, 1.807) is 0 Å². The fourth-order valence-electron chi connectivity index (χ4n) is 1.17. The van der Waals surface area contributed by atoms with E-state index >= 15 is 0 Å². The van der Waals surface area contributed by atoms with Crippen molar-refractivity contribution in [1.29, 1.82) is 0 Å². The monoisotopic (exact) mass is 303 g/mol. The average Bonchev–Trinajstić information content (AvgIpc) is 2.20. The first kappa shape index (κ1) is 15.9. The van der Waals surface area contributed by atoms with Gasteiger partial charge in [-0.25, -0.2) is 0 Å². The van der Waals surface area contributed by atoms with Crippen LogP contribution in [-0.2, 0) is 4.74 Å². The van der Waals surface area contributed by atoms with E-state index in [1.807, 2.05) is 20.8 Å². The minimum Gasteiger partial charge on any atom is -0.501 e. The van der Waals surface area contributed by atoms with Gasteiger partial charge in [0.1, 0.15) is 5.76 Å². The molecule has 0 heterocycles. The van der Waals surface area contributed by atoms with Crippen LogP contribution < -0.4 is 0 Å². The van der Waals surface area contributed by atoms with Gasteiger partial charge in [0.15, 0.2) is 0 Å². The minimum absolute atomic E-state index is 0.00417. The van der Waals surface area contributed by atoms with Gasteiger partial charge in [-0.2, -0.15) is 0 Å². The van der Waals surface area contributed by atoms with Gasteiger partial charge in [0.25, 0.3) is 5.70 Å². The van der Waals surface area contributed by atoms with Crippen molar-refractivity contribution in [2.75, 3.05) is 7.11 Å². The molecule has 96 valence electrons. The number of methoxy groups -OCH3 is 1. The lowest BCUT2D eigenvalue weighted by molar-refractivity contribution is -0.419. The molecule has 0 aliphatic carbocycles. The lowest BCUT2D eigenvalue weighted by Crippen LogP contribution is -2.08. The van der Waals surface area contributed by atoms with Gasteiger partial charge < -0.3 is 4.74 Å². The molecular formula is C12H18BrNO3. The van der Waals surface area contributed by atoms with Crippen molar-refractivity contribution >= 4 is 15.9 Å². The Labute approximate surface area is 110 Å². The standard InChI is InChI=1S/C12H18BrNO3/c1-6-10(13)11(14(15)16)7-9(17-5)8-12(2,3)4/h6-7H,1,8H2,2-5H3/b9-7+,11-10-. The second-order valence-corrected chi connectivity index (χ2v) is 5.60. The summed E-state index contributed by atoms with van der Waals surface area (Å²) < 4.78 is 5.51. The number of rotatable bonds is 5. The maximum atomic E-state index is 10.9. The maximum absolute atomic E-state index is 10.9. The molecule has 5 heteroatoms. The van der Waals surface area contributed by atoms with Gasteiger partial charge in [0, 0.05) is 6.42 Å². The predicted octanol–water partition coefficient (Wildman–Crippen LogP) is 4.02. The predicted molar refractivity (Wildman–Crippen MR) is 72.3 cm³/mol. The van der Waals surface area contributed by atoms with Gasteiger partial charge in [-0.15, -0.1) is 0 Å². The van der Waals surface area contributed by atoms with E-state index in [1.165, 1.54) is 19.3 Å². The second kappa shape index (κ2) is 6.59. The number of allylic oxidation sites excluding steroid dienone is 4. The van der Waals surface area contributed by atoms with Crippen molar-refractivity contribution in [2.45, 2.75) is 27.2 Å². The summed E-state index contributed by atoms with van der Waals surface area (Å²) in [6.07, 6.45) is 3.44. The zero-order valence-electron chi connectivity index (χ0n) is 10.6. The largest absolute Gasteiger partial charge is 0.501 e. The van der Waals surface area contributed by atoms with Crippen molar-refractivity contribution in [1.82, 2.24) is 0 Å². The molecule has 0 spiro atoms. The highest BCUT2D eigenvalue weighted by molar-refractivity contribution is 9.11. The molecule has 0 unspecified atom stereocenters. The van der Waals surface area contributed by atoms with Gasteiger partial charge in [0.2, 0.25) is 0 Å². The average molecular weight is 304 g/mol. The third-order valence-electron chi connectivity index (χ3n) is 1.89. The van der Waals surface area contributed by atoms with Crippen LogP contribution in [0.5, 0.6) is 0 Å². The molecule has 0 amide bonds. The van der Waals surface area contributed by atoms with Crippen molar-refractivity contribution in [3.63, 3.8) is 0 Å². The first-order chi connectivity index (χ1) is 7.71. The topological polar surface area (TPSA) is 52.4 Å². The van der Waals surface area contributed by atoms with E-state index in [4.69, 9.17) is 4.74 Å². The molecule has 17 heavy (non-hydrogen) atoms. The first-order valence-electron chi connectivity index (χ1n) is 5.12. The minimum atomic E-state index is -0.465. The Bertz CT molecular complexity index is 364. The number of halogens is 1. The van der Waals surface area contributed by atoms with E-state index in [0.29, 0.717) is 16.7 Å². The molecule has 0 radical (unpaired) electrons. The Morgan fingerprint density at radius 3 is 2.35 bits per heavy atom. The van der Waals surface area contributed by atoms with E-state index < -0.39 is 4.92 Å². The van der Waals surface area contributed by atoms with Crippen LogP contribution in [0.1, 0.15) is 27.2 Å². The van der Waals surface area contributed by atoms with Crippen LogP contribution in [-0.4, -0.2) is 12.0 Å². The van der Waals surface area contributed by atoms with Crippen LogP contribution in [0.3, 0.4) is 0 Å². The Kier molecular flexibility index (Phi) is 6.16. The highest BCUT2D eigenvalue weighted by Gasteiger charge is 2.18. The number of nitrogens with zero attached hydrogens (tertiary/aromatic N) is 1. The van der Waals surface area contributed by atoms with Crippen LogP contribution in [0.25, 0.3) is 0 Å². The van der Waals surface area contributed by atoms with Gasteiger partial charge in [0.05, 0.1) is 22.6 Å². The maximum Gasteiger partial charge on any atom is 0.286 e. The Morgan fingerprint density at radius 1 is 1.53 bits per heavy atom. The summed E-state index contributed by atoms with van der Waals surface area (Å²) in [5.74, 6) is 0.572. The van der Waals surface area contributed by atoms with Gasteiger partial charge in [-0.1, -0.05) is 27.4 Å². The second-order valence-electron chi connectivity index (χ2n) is 4.75. The Balaban J connectivity index is 5.30. The van der Waals surface area contributed by atoms with E-state index in [0.717, 1.165) is 0 Å². The molecule has 0 fully saturated rings. The molecule has 0 rings (SSSR count). The molecule has 0 atom stereocenters. The van der Waals surface area contributed by atoms with Gasteiger partial charge in [-0.3, -0.25) is 10.1 Å². The van der Waals surface area contributed by atoms with Crippen molar-refractivity contribution in [2.24, 2.45) is 5.41 Å². The van der Waals surface area contributed by atoms with Crippen LogP contribution in [0.2, 0.25) is 0 Å². The van der Waals surface area contributed by atoms with Crippen LogP contribution in [0.4, 0.5) is 0 Å². The number of ether oxygens (including phenoxy) is 1. The van der Waals surface area contributed by atoms with Gasteiger partial charge >= 0.3 is 0 Å². The van der Waals surface area contributed by atoms with Crippen molar-refractivity contribution < 1.29 is 9.66 Å². The van der Waals surface area contributed by atoms with Crippen LogP contribution in [0.15, 0.2) is 34.7 Å². The molecule has 0 aliphatic heterocycles. The van der Waals surface area contributed by atoms with E-state index in [-0.39, 0.29) is 11.1 Å². The smallest absolute Gasteiger partial charge is 0.286 e. The molecule has 0 aromatic rings. The zero-order chi connectivity index (χ0) is 13.6. The normalized spacial score (nSPS) is 14.1. The fourth-order valence-corrected chi connectivity index (χ4v) is 1.43. The fraction of sp³-hybridized carbons (Fsp3) is 0.500. The summed E-state index contributed by atoms with van der Waals surface area (Å²) in [5.41, 5.74) is -0.0504. The molecular weight excluding hydrogens is 286 g/mol. The number of hydrogen-bond acceptors (Lipinski definition) is 3. The lowest BCUT2D eigenvalue weighted by Gasteiger charge is -2.19. The molecule has 0 saturated heterocycles. The molecule has 0 aromatic heterocycles. The summed E-state index contributed by atoms with van der Waals surface area (Å²) in [7, 11) is 1.51. The quantitative estimate of drug-likeness (QED) is 0.333. The highest BCUT2D eigenvalue weighted by Crippen LogP contribution is 2.26. The Morgan fingerprint density at radius 2 is 2.06 bits per heavy atom. The van der Waals surface area contributed by atoms with E-state index in [2.05, 4.69) is 22.5 Å². The summed E-state index contributed by atoms with van der Waals surface area (Å²) in [6.45, 7) is 9.61. The summed E-state index contributed by atoms with van der Waals surface area (Å²) >= 11 is 3.10. The summed E-state index contributed by atoms with van der Waals surface area (Å²) in [5, 5.41) is 10.9. The first-order valence-corrected chi connectivity index (χ1v) is 5.91. The zero-order valence-corrected chi connectivity index (χ0v) is 12.2. The highest BCUT2D eigenvalue weighted by atomic mass is 79.9. The molecule has 0 bridgehead atoms. The molecule has 0 saturated carbocycles. The molecule has 4 nitrogen and oxygen atoms in total. The lowest BCUT2D eigenvalue weighted by atomic mass is 9.91. The number of nitro groups is 1. The Hall–Kier alpha value is -1.10. The molecule has 0 aliphatic rings. The SMILES string of the molecule is C=C/C(Br)=C(\C=C(/CC(C)(C)C)OC)[N+](=O)[O-]. The van der Waals surface area contributed by atoms with Crippen LogP contribution in [0, 0.1) is 15.5 Å². The van der Waals surface area contributed by atoms with Gasteiger partial charge in [-0.05, 0) is 27.4 Å².